The molecule has 3 N–H and O–H groups in total. The number of carboxylic acids is 1. The van der Waals surface area contributed by atoms with Crippen LogP contribution in [0.4, 0.5) is 0 Å². The molecule has 0 aromatic carbocycles. The Balaban J connectivity index is 1.55. The quantitative estimate of drug-likeness (QED) is 0.432. The maximum Gasteiger partial charge on any atom is 0.352 e. The fourth-order valence-corrected chi connectivity index (χ4v) is 5.07. The number of aromatic nitrogens is 3. The fourth-order valence-electron chi connectivity index (χ4n) is 3.15. The molecule has 0 radical (unpaired) electrons. The first-order valence-electron chi connectivity index (χ1n) is 8.39. The van der Waals surface area contributed by atoms with E-state index in [4.69, 9.17) is 5.73 Å². The fraction of sp³-hybridized carbons (Fsp3) is 0.294. The number of hydrogen-bond donors (Lipinski definition) is 2. The van der Waals surface area contributed by atoms with Gasteiger partial charge in [-0.15, -0.1) is 16.3 Å². The van der Waals surface area contributed by atoms with Crippen LogP contribution < -0.4 is 10.3 Å². The summed E-state index contributed by atoms with van der Waals surface area (Å²) in [7, 11) is 0. The third kappa shape index (κ3) is 3.03. The number of carbonyl (C=O) groups excluding carboxylic acids is 1. The van der Waals surface area contributed by atoms with E-state index in [0.29, 0.717) is 11.3 Å². The van der Waals surface area contributed by atoms with Gasteiger partial charge >= 0.3 is 11.6 Å². The average Bonchev–Trinajstić information content (AvgIpc) is 3.09. The first kappa shape index (κ1) is 18.1. The number of aryl methyl sites for hydroxylation is 1. The van der Waals surface area contributed by atoms with Crippen LogP contribution in [0, 0.1) is 0 Å². The predicted molar refractivity (Wildman–Crippen MR) is 102 cm³/mol. The molecule has 2 aliphatic heterocycles. The van der Waals surface area contributed by atoms with Crippen LogP contribution in [0.3, 0.4) is 0 Å². The lowest BCUT2D eigenvalue weighted by molar-refractivity contribution is -0.667. The minimum absolute atomic E-state index is 0.0279. The predicted octanol–water partition coefficient (Wildman–Crippen LogP) is 0.829. The van der Waals surface area contributed by atoms with E-state index in [1.54, 1.807) is 11.5 Å². The number of thioether (sulfide) groups is 2. The Morgan fingerprint density at radius 1 is 1.56 bits per heavy atom. The van der Waals surface area contributed by atoms with E-state index < -0.39 is 12.0 Å². The van der Waals surface area contributed by atoms with Crippen LogP contribution in [0.5, 0.6) is 0 Å². The molecule has 4 rings (SSSR count). The highest BCUT2D eigenvalue weighted by Gasteiger charge is 2.51. The van der Waals surface area contributed by atoms with Gasteiger partial charge in [0.2, 0.25) is 5.91 Å². The SMILES string of the molecule is CC[n+]1ccn2nc(S/C=C/C3=C(C(=O)O)N4C(=O)[C@@H](N)[C@H]4SC3)ccc21. The monoisotopic (exact) mass is 404 g/mol. The summed E-state index contributed by atoms with van der Waals surface area (Å²) < 4.78 is 3.90. The van der Waals surface area contributed by atoms with E-state index in [9.17, 15) is 14.7 Å². The molecule has 140 valence electrons. The number of nitrogens with zero attached hydrogens (tertiary/aromatic N) is 4. The van der Waals surface area contributed by atoms with E-state index in [1.807, 2.05) is 29.0 Å². The van der Waals surface area contributed by atoms with Gasteiger partial charge in [-0.3, -0.25) is 9.69 Å². The molecular weight excluding hydrogens is 386 g/mol. The molecular formula is C17H18N5O3S2+. The lowest BCUT2D eigenvalue weighted by Crippen LogP contribution is -2.68. The van der Waals surface area contributed by atoms with Crippen molar-refractivity contribution < 1.29 is 19.3 Å². The summed E-state index contributed by atoms with van der Waals surface area (Å²) in [6, 6.07) is 3.30. The third-order valence-corrected chi connectivity index (χ3v) is 6.59. The van der Waals surface area contributed by atoms with Gasteiger partial charge in [0.15, 0.2) is 6.20 Å². The Kier molecular flexibility index (Phi) is 4.70. The van der Waals surface area contributed by atoms with E-state index >= 15 is 0 Å². The molecule has 0 saturated carbocycles. The van der Waals surface area contributed by atoms with Gasteiger partial charge in [-0.1, -0.05) is 16.9 Å². The van der Waals surface area contributed by atoms with Crippen LogP contribution >= 0.6 is 23.5 Å². The van der Waals surface area contributed by atoms with Crippen molar-refractivity contribution in [3.63, 3.8) is 0 Å². The Bertz CT molecular complexity index is 1000. The number of aliphatic carboxylic acids is 1. The molecule has 2 atom stereocenters. The lowest BCUT2D eigenvalue weighted by atomic mass is 10.0. The van der Waals surface area contributed by atoms with Gasteiger partial charge in [-0.05, 0) is 30.0 Å². The minimum atomic E-state index is -1.11. The van der Waals surface area contributed by atoms with Crippen molar-refractivity contribution in [2.75, 3.05) is 5.75 Å². The van der Waals surface area contributed by atoms with Crippen molar-refractivity contribution in [2.24, 2.45) is 5.73 Å². The number of hydrogen-bond acceptors (Lipinski definition) is 6. The molecule has 1 saturated heterocycles. The number of amides is 1. The second-order valence-corrected chi connectivity index (χ2v) is 8.12. The van der Waals surface area contributed by atoms with Crippen molar-refractivity contribution in [3.8, 4) is 0 Å². The van der Waals surface area contributed by atoms with E-state index in [0.717, 1.165) is 17.2 Å². The van der Waals surface area contributed by atoms with E-state index in [2.05, 4.69) is 16.6 Å². The van der Waals surface area contributed by atoms with E-state index in [-0.39, 0.29) is 17.0 Å². The molecule has 4 heterocycles. The summed E-state index contributed by atoms with van der Waals surface area (Å²) in [6.45, 7) is 2.94. The van der Waals surface area contributed by atoms with Gasteiger partial charge in [0.1, 0.15) is 28.3 Å². The van der Waals surface area contributed by atoms with Crippen LogP contribution in [-0.4, -0.2) is 48.7 Å². The second kappa shape index (κ2) is 7.02. The van der Waals surface area contributed by atoms with Gasteiger partial charge in [0.25, 0.3) is 0 Å². The van der Waals surface area contributed by atoms with Crippen molar-refractivity contribution in [1.82, 2.24) is 14.5 Å². The van der Waals surface area contributed by atoms with Gasteiger partial charge in [-0.2, -0.15) is 0 Å². The molecule has 8 nitrogen and oxygen atoms in total. The third-order valence-electron chi connectivity index (χ3n) is 4.54. The number of fused-ring (bicyclic) bond motifs is 2. The Labute approximate surface area is 163 Å². The number of allylic oxidation sites excluding steroid dienone is 1. The van der Waals surface area contributed by atoms with Gasteiger partial charge in [0.05, 0.1) is 6.54 Å². The zero-order chi connectivity index (χ0) is 19.1. The lowest BCUT2D eigenvalue weighted by Gasteiger charge is -2.47. The topological polar surface area (TPSA) is 105 Å². The first-order chi connectivity index (χ1) is 13.0. The largest absolute Gasteiger partial charge is 0.477 e. The molecule has 1 amide bonds. The number of carbonyl (C=O) groups is 2. The van der Waals surface area contributed by atoms with Crippen molar-refractivity contribution in [3.05, 3.63) is 47.3 Å². The highest BCUT2D eigenvalue weighted by Crippen LogP contribution is 2.40. The Morgan fingerprint density at radius 2 is 2.37 bits per heavy atom. The minimum Gasteiger partial charge on any atom is -0.477 e. The molecule has 1 fully saturated rings. The van der Waals surface area contributed by atoms with Crippen molar-refractivity contribution >= 4 is 41.0 Å². The molecule has 2 aliphatic rings. The van der Waals surface area contributed by atoms with E-state index in [1.165, 1.54) is 28.4 Å². The summed E-state index contributed by atoms with van der Waals surface area (Å²) in [5.74, 6) is -0.949. The normalized spacial score (nSPS) is 22.4. The molecule has 10 heteroatoms. The van der Waals surface area contributed by atoms with Crippen LogP contribution in [0.25, 0.3) is 5.65 Å². The molecule has 27 heavy (non-hydrogen) atoms. The van der Waals surface area contributed by atoms with Gasteiger partial charge in [0, 0.05) is 11.8 Å². The molecule has 0 bridgehead atoms. The summed E-state index contributed by atoms with van der Waals surface area (Å²) in [5.41, 5.74) is 7.39. The van der Waals surface area contributed by atoms with Crippen molar-refractivity contribution in [1.29, 1.82) is 0 Å². The number of imidazole rings is 1. The smallest absolute Gasteiger partial charge is 0.352 e. The number of carboxylic acid groups (broad SMARTS) is 1. The summed E-state index contributed by atoms with van der Waals surface area (Å²) in [4.78, 5) is 24.9. The average molecular weight is 404 g/mol. The van der Waals surface area contributed by atoms with Gasteiger partial charge < -0.3 is 10.8 Å². The number of nitrogens with two attached hydrogens (primary N) is 1. The molecule has 0 aliphatic carbocycles. The standard InChI is InChI=1S/C17H17N5O3S2/c1-2-20-6-7-21-12(20)4-3-11(19-21)26-8-5-10-9-27-16-13(18)15(23)22(16)14(10)17(24)25/h3-8,13,16H,2,9,18H2,1H3/p+1/b8-5+/t13-,16-/m1/s1. The van der Waals surface area contributed by atoms with Crippen molar-refractivity contribution in [2.45, 2.75) is 29.9 Å². The number of rotatable bonds is 5. The highest BCUT2D eigenvalue weighted by atomic mass is 32.2. The molecule has 2 aromatic rings. The maximum atomic E-state index is 11.9. The Morgan fingerprint density at radius 3 is 3.11 bits per heavy atom. The second-order valence-electron chi connectivity index (χ2n) is 6.09. The number of β-lactam (4-membered cyclic amide) rings is 1. The van der Waals surface area contributed by atoms with Crippen LogP contribution in [0.15, 0.2) is 52.3 Å². The van der Waals surface area contributed by atoms with Gasteiger partial charge in [-0.25, -0.2) is 9.36 Å². The molecule has 0 spiro atoms. The van der Waals surface area contributed by atoms with Crippen LogP contribution in [-0.2, 0) is 16.1 Å². The maximum absolute atomic E-state index is 11.9. The summed E-state index contributed by atoms with van der Waals surface area (Å²) in [6.07, 6.45) is 5.61. The molecule has 2 aromatic heterocycles. The summed E-state index contributed by atoms with van der Waals surface area (Å²) >= 11 is 2.88. The Hall–Kier alpha value is -2.30. The molecule has 0 unspecified atom stereocenters. The highest BCUT2D eigenvalue weighted by molar-refractivity contribution is 8.02. The zero-order valence-corrected chi connectivity index (χ0v) is 16.1. The van der Waals surface area contributed by atoms with Crippen LogP contribution in [0.2, 0.25) is 0 Å². The first-order valence-corrected chi connectivity index (χ1v) is 10.3. The zero-order valence-electron chi connectivity index (χ0n) is 14.5. The summed E-state index contributed by atoms with van der Waals surface area (Å²) in [5, 5.41) is 16.4. The van der Waals surface area contributed by atoms with Crippen LogP contribution in [0.1, 0.15) is 6.92 Å².